The minimum atomic E-state index is -0.258. The van der Waals surface area contributed by atoms with Crippen LogP contribution in [0, 0.1) is 11.7 Å². The van der Waals surface area contributed by atoms with E-state index in [4.69, 9.17) is 12.2 Å². The largest absolute Gasteiger partial charge is 0.356 e. The molecule has 0 aromatic heterocycles. The molecule has 0 spiro atoms. The lowest BCUT2D eigenvalue weighted by Gasteiger charge is -2.23. The van der Waals surface area contributed by atoms with Crippen molar-refractivity contribution in [1.29, 1.82) is 0 Å². The molecule has 116 valence electrons. The fraction of sp³-hybridized carbons (Fsp3) is 0.278. The molecule has 2 N–H and O–H groups in total. The highest BCUT2D eigenvalue weighted by Gasteiger charge is 2.14. The predicted octanol–water partition coefficient (Wildman–Crippen LogP) is 4.90. The summed E-state index contributed by atoms with van der Waals surface area (Å²) >= 11 is 5.38. The number of thiocarbonyl (C=S) groups is 1. The number of nitrogens with one attached hydrogen (secondary N) is 2. The van der Waals surface area contributed by atoms with Gasteiger partial charge in [-0.15, -0.1) is 0 Å². The average molecular weight is 316 g/mol. The summed E-state index contributed by atoms with van der Waals surface area (Å²) < 4.78 is 12.9. The van der Waals surface area contributed by atoms with E-state index in [1.807, 2.05) is 18.2 Å². The van der Waals surface area contributed by atoms with Gasteiger partial charge in [-0.1, -0.05) is 44.2 Å². The standard InChI is InChI=1S/C18H21FN2S/c1-13(2)12-17(14-6-4-3-5-7-14)21-18(22)20-16-10-8-15(19)9-11-16/h3-11,13,17H,12H2,1-2H3,(H2,20,21,22). The number of halogens is 1. The molecule has 0 heterocycles. The summed E-state index contributed by atoms with van der Waals surface area (Å²) in [6.07, 6.45) is 0.981. The van der Waals surface area contributed by atoms with Gasteiger partial charge in [-0.3, -0.25) is 0 Å². The van der Waals surface area contributed by atoms with Crippen LogP contribution in [0.25, 0.3) is 0 Å². The summed E-state index contributed by atoms with van der Waals surface area (Å²) in [5, 5.41) is 6.99. The number of hydrogen-bond acceptors (Lipinski definition) is 1. The molecular weight excluding hydrogens is 295 g/mol. The summed E-state index contributed by atoms with van der Waals surface area (Å²) in [5.41, 5.74) is 1.98. The molecule has 4 heteroatoms. The number of anilines is 1. The molecule has 2 nitrogen and oxygen atoms in total. The van der Waals surface area contributed by atoms with Gasteiger partial charge in [0.1, 0.15) is 5.82 Å². The third-order valence-electron chi connectivity index (χ3n) is 3.32. The van der Waals surface area contributed by atoms with E-state index < -0.39 is 0 Å². The molecule has 1 atom stereocenters. The Bertz CT molecular complexity index is 596. The quantitative estimate of drug-likeness (QED) is 0.767. The number of hydrogen-bond donors (Lipinski definition) is 2. The van der Waals surface area contributed by atoms with Crippen molar-refractivity contribution in [3.8, 4) is 0 Å². The summed E-state index contributed by atoms with van der Waals surface area (Å²) in [6, 6.07) is 16.6. The van der Waals surface area contributed by atoms with Gasteiger partial charge in [-0.05, 0) is 54.4 Å². The predicted molar refractivity (Wildman–Crippen MR) is 94.4 cm³/mol. The van der Waals surface area contributed by atoms with Crippen molar-refractivity contribution in [2.24, 2.45) is 5.92 Å². The zero-order valence-electron chi connectivity index (χ0n) is 12.8. The zero-order chi connectivity index (χ0) is 15.9. The van der Waals surface area contributed by atoms with Crippen molar-refractivity contribution in [2.75, 3.05) is 5.32 Å². The van der Waals surface area contributed by atoms with Crippen LogP contribution in [0.1, 0.15) is 31.9 Å². The highest BCUT2D eigenvalue weighted by molar-refractivity contribution is 7.80. The van der Waals surface area contributed by atoms with Crippen LogP contribution >= 0.6 is 12.2 Å². The Morgan fingerprint density at radius 1 is 1.05 bits per heavy atom. The van der Waals surface area contributed by atoms with Gasteiger partial charge in [0.2, 0.25) is 0 Å². The summed E-state index contributed by atoms with van der Waals surface area (Å²) in [5.74, 6) is 0.290. The molecule has 0 saturated carbocycles. The van der Waals surface area contributed by atoms with Crippen LogP contribution in [-0.2, 0) is 0 Å². The second-order valence-electron chi connectivity index (χ2n) is 5.70. The van der Waals surface area contributed by atoms with Crippen molar-refractivity contribution < 1.29 is 4.39 Å². The maximum Gasteiger partial charge on any atom is 0.171 e. The zero-order valence-corrected chi connectivity index (χ0v) is 13.7. The highest BCUT2D eigenvalue weighted by atomic mass is 32.1. The molecule has 2 rings (SSSR count). The first kappa shape index (κ1) is 16.4. The van der Waals surface area contributed by atoms with E-state index in [1.165, 1.54) is 17.7 Å². The molecule has 0 aliphatic rings. The van der Waals surface area contributed by atoms with Gasteiger partial charge in [-0.25, -0.2) is 4.39 Å². The molecule has 2 aromatic carbocycles. The van der Waals surface area contributed by atoms with E-state index in [-0.39, 0.29) is 11.9 Å². The van der Waals surface area contributed by atoms with Gasteiger partial charge in [0.15, 0.2) is 5.11 Å². The van der Waals surface area contributed by atoms with Crippen molar-refractivity contribution in [3.05, 3.63) is 66.0 Å². The van der Waals surface area contributed by atoms with Gasteiger partial charge >= 0.3 is 0 Å². The van der Waals surface area contributed by atoms with Crippen LogP contribution in [0.2, 0.25) is 0 Å². The monoisotopic (exact) mass is 316 g/mol. The van der Waals surface area contributed by atoms with Crippen molar-refractivity contribution >= 4 is 23.0 Å². The van der Waals surface area contributed by atoms with E-state index in [0.29, 0.717) is 11.0 Å². The molecule has 1 unspecified atom stereocenters. The first-order chi connectivity index (χ1) is 10.5. The Balaban J connectivity index is 2.03. The third-order valence-corrected chi connectivity index (χ3v) is 3.54. The second kappa shape index (κ2) is 7.90. The minimum Gasteiger partial charge on any atom is -0.356 e. The van der Waals surface area contributed by atoms with E-state index >= 15 is 0 Å². The lowest BCUT2D eigenvalue weighted by molar-refractivity contribution is 0.481. The molecule has 0 bridgehead atoms. The molecular formula is C18H21FN2S. The number of benzene rings is 2. The van der Waals surface area contributed by atoms with Crippen LogP contribution < -0.4 is 10.6 Å². The van der Waals surface area contributed by atoms with Crippen LogP contribution in [-0.4, -0.2) is 5.11 Å². The fourth-order valence-corrected chi connectivity index (χ4v) is 2.55. The molecule has 0 aliphatic heterocycles. The lowest BCUT2D eigenvalue weighted by Crippen LogP contribution is -2.33. The van der Waals surface area contributed by atoms with Gasteiger partial charge in [0.25, 0.3) is 0 Å². The first-order valence-electron chi connectivity index (χ1n) is 7.42. The molecule has 0 radical (unpaired) electrons. The summed E-state index contributed by atoms with van der Waals surface area (Å²) in [6.45, 7) is 4.38. The van der Waals surface area contributed by atoms with Gasteiger partial charge in [0, 0.05) is 5.69 Å². The Hall–Kier alpha value is -1.94. The molecule has 22 heavy (non-hydrogen) atoms. The Morgan fingerprint density at radius 2 is 1.68 bits per heavy atom. The summed E-state index contributed by atoms with van der Waals surface area (Å²) in [4.78, 5) is 0. The van der Waals surface area contributed by atoms with Gasteiger partial charge in [-0.2, -0.15) is 0 Å². The van der Waals surface area contributed by atoms with Crippen molar-refractivity contribution in [3.63, 3.8) is 0 Å². The third kappa shape index (κ3) is 5.11. The lowest BCUT2D eigenvalue weighted by atomic mass is 9.97. The van der Waals surface area contributed by atoms with E-state index in [0.717, 1.165) is 12.1 Å². The van der Waals surface area contributed by atoms with E-state index in [2.05, 4.69) is 36.6 Å². The van der Waals surface area contributed by atoms with Crippen LogP contribution in [0.15, 0.2) is 54.6 Å². The van der Waals surface area contributed by atoms with Gasteiger partial charge < -0.3 is 10.6 Å². The maximum atomic E-state index is 12.9. The molecule has 0 saturated heterocycles. The Kier molecular flexibility index (Phi) is 5.90. The van der Waals surface area contributed by atoms with Crippen LogP contribution in [0.5, 0.6) is 0 Å². The summed E-state index contributed by atoms with van der Waals surface area (Å²) in [7, 11) is 0. The van der Waals surface area contributed by atoms with Crippen LogP contribution in [0.4, 0.5) is 10.1 Å². The molecule has 2 aromatic rings. The van der Waals surface area contributed by atoms with Gasteiger partial charge in [0.05, 0.1) is 6.04 Å². The molecule has 0 fully saturated rings. The van der Waals surface area contributed by atoms with Crippen molar-refractivity contribution in [2.45, 2.75) is 26.3 Å². The Morgan fingerprint density at radius 3 is 2.27 bits per heavy atom. The average Bonchev–Trinajstić information content (AvgIpc) is 2.49. The minimum absolute atomic E-state index is 0.154. The smallest absolute Gasteiger partial charge is 0.171 e. The first-order valence-corrected chi connectivity index (χ1v) is 7.83. The Labute approximate surface area is 136 Å². The topological polar surface area (TPSA) is 24.1 Å². The van der Waals surface area contributed by atoms with E-state index in [9.17, 15) is 4.39 Å². The van der Waals surface area contributed by atoms with E-state index in [1.54, 1.807) is 12.1 Å². The number of rotatable bonds is 5. The molecule has 0 amide bonds. The maximum absolute atomic E-state index is 12.9. The van der Waals surface area contributed by atoms with Crippen molar-refractivity contribution in [1.82, 2.24) is 5.32 Å². The SMILES string of the molecule is CC(C)CC(NC(=S)Nc1ccc(F)cc1)c1ccccc1. The highest BCUT2D eigenvalue weighted by Crippen LogP contribution is 2.21. The second-order valence-corrected chi connectivity index (χ2v) is 6.11. The normalized spacial score (nSPS) is 12.0. The van der Waals surface area contributed by atoms with Crippen LogP contribution in [0.3, 0.4) is 0 Å². The fourth-order valence-electron chi connectivity index (χ4n) is 2.29. The molecule has 0 aliphatic carbocycles.